The highest BCUT2D eigenvalue weighted by Gasteiger charge is 2.66. The molecule has 39 heavy (non-hydrogen) atoms. The fraction of sp³-hybridized carbons (Fsp3) is 0.656. The number of carbonyl (C=O) groups excluding carboxylic acids is 3. The van der Waals surface area contributed by atoms with E-state index in [0.29, 0.717) is 36.8 Å². The van der Waals surface area contributed by atoms with E-state index in [9.17, 15) is 19.5 Å². The van der Waals surface area contributed by atoms with Crippen LogP contribution < -0.4 is 0 Å². The molecule has 0 bridgehead atoms. The first-order valence-corrected chi connectivity index (χ1v) is 14.3. The topological polar surface area (TPSA) is 99.1 Å². The Morgan fingerprint density at radius 2 is 1.85 bits per heavy atom. The van der Waals surface area contributed by atoms with Crippen molar-refractivity contribution in [3.63, 3.8) is 0 Å². The third-order valence-corrected chi connectivity index (χ3v) is 11.1. The highest BCUT2D eigenvalue weighted by molar-refractivity contribution is 5.88. The summed E-state index contributed by atoms with van der Waals surface area (Å²) in [7, 11) is 0. The molecule has 7 atom stereocenters. The van der Waals surface area contributed by atoms with Gasteiger partial charge in [-0.05, 0) is 87.3 Å². The van der Waals surface area contributed by atoms with Gasteiger partial charge in [0.15, 0.2) is 0 Å². The molecule has 7 nitrogen and oxygen atoms in total. The lowest BCUT2D eigenvalue weighted by Crippen LogP contribution is -2.53. The number of allylic oxidation sites excluding steroid dienone is 2. The van der Waals surface area contributed by atoms with Gasteiger partial charge >= 0.3 is 17.9 Å². The Labute approximate surface area is 231 Å². The largest absolute Gasteiger partial charge is 0.462 e. The Balaban J connectivity index is 1.58. The van der Waals surface area contributed by atoms with Crippen LogP contribution in [0, 0.1) is 22.7 Å². The number of cyclic esters (lactones) is 2. The summed E-state index contributed by atoms with van der Waals surface area (Å²) in [5.41, 5.74) is 0.506. The summed E-state index contributed by atoms with van der Waals surface area (Å²) in [6.07, 6.45) is 10.6. The van der Waals surface area contributed by atoms with E-state index in [2.05, 4.69) is 20.8 Å². The number of rotatable bonds is 3. The van der Waals surface area contributed by atoms with Gasteiger partial charge in [0, 0.05) is 30.4 Å². The molecule has 1 N–H and O–H groups in total. The Bertz CT molecular complexity index is 1230. The Morgan fingerprint density at radius 1 is 1.13 bits per heavy atom. The van der Waals surface area contributed by atoms with Crippen LogP contribution in [0.25, 0.3) is 0 Å². The predicted molar refractivity (Wildman–Crippen MR) is 145 cm³/mol. The van der Waals surface area contributed by atoms with Gasteiger partial charge in [-0.1, -0.05) is 38.5 Å². The maximum Gasteiger partial charge on any atom is 0.333 e. The van der Waals surface area contributed by atoms with Gasteiger partial charge in [-0.15, -0.1) is 0 Å². The molecule has 5 rings (SSSR count). The number of ether oxygens (including phenoxy) is 3. The number of fused-ring (bicyclic) bond motifs is 3. The van der Waals surface area contributed by atoms with Crippen LogP contribution in [0.4, 0.5) is 0 Å². The Kier molecular flexibility index (Phi) is 6.57. The summed E-state index contributed by atoms with van der Waals surface area (Å²) >= 11 is 0. The van der Waals surface area contributed by atoms with E-state index in [1.54, 1.807) is 26.8 Å². The average molecular weight is 539 g/mol. The van der Waals surface area contributed by atoms with E-state index in [1.807, 2.05) is 12.2 Å². The van der Waals surface area contributed by atoms with Gasteiger partial charge in [0.2, 0.25) is 0 Å². The van der Waals surface area contributed by atoms with E-state index in [-0.39, 0.29) is 41.4 Å². The van der Waals surface area contributed by atoms with Crippen molar-refractivity contribution in [2.45, 2.75) is 110 Å². The third kappa shape index (κ3) is 4.06. The molecule has 0 saturated heterocycles. The second kappa shape index (κ2) is 9.18. The van der Waals surface area contributed by atoms with Gasteiger partial charge in [0.1, 0.15) is 23.4 Å². The van der Waals surface area contributed by atoms with E-state index in [0.717, 1.165) is 18.4 Å². The van der Waals surface area contributed by atoms with Crippen LogP contribution in [0.3, 0.4) is 0 Å². The quantitative estimate of drug-likeness (QED) is 0.385. The summed E-state index contributed by atoms with van der Waals surface area (Å²) in [6, 6.07) is 0. The van der Waals surface area contributed by atoms with Crippen LogP contribution >= 0.6 is 0 Å². The minimum Gasteiger partial charge on any atom is -0.462 e. The van der Waals surface area contributed by atoms with Crippen molar-refractivity contribution in [3.05, 3.63) is 46.6 Å². The molecule has 212 valence electrons. The molecule has 0 spiro atoms. The van der Waals surface area contributed by atoms with Crippen molar-refractivity contribution in [2.75, 3.05) is 0 Å². The molecule has 0 aromatic carbocycles. The fourth-order valence-corrected chi connectivity index (χ4v) is 8.44. The smallest absolute Gasteiger partial charge is 0.333 e. The average Bonchev–Trinajstić information content (AvgIpc) is 2.93. The normalized spacial score (nSPS) is 40.1. The maximum absolute atomic E-state index is 12.4. The molecule has 7 heteroatoms. The molecule has 1 saturated carbocycles. The first-order valence-electron chi connectivity index (χ1n) is 14.3. The monoisotopic (exact) mass is 538 g/mol. The number of carbonyl (C=O) groups is 3. The third-order valence-electron chi connectivity index (χ3n) is 11.1. The first kappa shape index (κ1) is 27.9. The number of esters is 3. The first-order chi connectivity index (χ1) is 18.1. The highest BCUT2D eigenvalue weighted by atomic mass is 16.6. The summed E-state index contributed by atoms with van der Waals surface area (Å²) in [5, 5.41) is 12.0. The summed E-state index contributed by atoms with van der Waals surface area (Å²) < 4.78 is 17.6. The number of aliphatic hydroxyl groups is 1. The van der Waals surface area contributed by atoms with Crippen LogP contribution in [0.15, 0.2) is 46.6 Å². The molecule has 0 aromatic rings. The van der Waals surface area contributed by atoms with Gasteiger partial charge in [-0.3, -0.25) is 4.79 Å². The number of hydrogen-bond donors (Lipinski definition) is 1. The van der Waals surface area contributed by atoms with Crippen LogP contribution in [0.1, 0.15) is 87.0 Å². The van der Waals surface area contributed by atoms with Gasteiger partial charge in [-0.25, -0.2) is 9.59 Å². The van der Waals surface area contributed by atoms with Crippen molar-refractivity contribution in [3.8, 4) is 0 Å². The molecule has 2 aliphatic heterocycles. The minimum atomic E-state index is -1.36. The second-order valence-electron chi connectivity index (χ2n) is 13.2. The Hall–Kier alpha value is -2.67. The highest BCUT2D eigenvalue weighted by Crippen LogP contribution is 2.69. The van der Waals surface area contributed by atoms with E-state index in [4.69, 9.17) is 14.2 Å². The molecular formula is C32H42O7. The van der Waals surface area contributed by atoms with Crippen LogP contribution in [0.5, 0.6) is 0 Å². The Morgan fingerprint density at radius 3 is 2.51 bits per heavy atom. The molecule has 0 aromatic heterocycles. The molecule has 2 heterocycles. The predicted octanol–water partition coefficient (Wildman–Crippen LogP) is 5.28. The molecule has 5 aliphatic rings. The lowest BCUT2D eigenvalue weighted by atomic mass is 9.52. The molecule has 2 unspecified atom stereocenters. The zero-order valence-corrected chi connectivity index (χ0v) is 24.3. The van der Waals surface area contributed by atoms with E-state index < -0.39 is 22.6 Å². The van der Waals surface area contributed by atoms with Gasteiger partial charge in [0.25, 0.3) is 0 Å². The maximum atomic E-state index is 12.4. The van der Waals surface area contributed by atoms with E-state index in [1.165, 1.54) is 18.6 Å². The molecule has 0 radical (unpaired) electrons. The summed E-state index contributed by atoms with van der Waals surface area (Å²) in [5.74, 6) is -0.791. The molecule has 0 amide bonds. The van der Waals surface area contributed by atoms with Gasteiger partial charge < -0.3 is 19.3 Å². The minimum absolute atomic E-state index is 0.0750. The standard InChI is InChI=1S/C32H42O7/c1-18-8-10-25(38-28(18)35)19(2)24-17-26(37-20(3)33)31(7)23-13-15-32(36)22(9-11-27(34)39-29(32,4)5)16-21(23)12-14-30(24,31)6/h8-9,11,16,19,24-26,36H,10,12-15,17H2,1-7H3/t19-,24+,25?,26+,30+,31+,32?/m0/s1. The molecule has 1 fully saturated rings. The van der Waals surface area contributed by atoms with Crippen molar-refractivity contribution < 1.29 is 33.7 Å². The van der Waals surface area contributed by atoms with Crippen LogP contribution in [-0.4, -0.2) is 46.4 Å². The molecule has 3 aliphatic carbocycles. The van der Waals surface area contributed by atoms with Crippen molar-refractivity contribution in [1.29, 1.82) is 0 Å². The summed E-state index contributed by atoms with van der Waals surface area (Å²) in [6.45, 7) is 13.5. The lowest BCUT2D eigenvalue weighted by Gasteiger charge is -2.53. The van der Waals surface area contributed by atoms with Crippen LogP contribution in [-0.2, 0) is 28.6 Å². The second-order valence-corrected chi connectivity index (χ2v) is 13.2. The van der Waals surface area contributed by atoms with Gasteiger partial charge in [-0.2, -0.15) is 0 Å². The lowest BCUT2D eigenvalue weighted by molar-refractivity contribution is -0.173. The van der Waals surface area contributed by atoms with Crippen LogP contribution in [0.2, 0.25) is 0 Å². The number of hydrogen-bond acceptors (Lipinski definition) is 7. The van der Waals surface area contributed by atoms with Crippen molar-refractivity contribution in [2.24, 2.45) is 22.7 Å². The van der Waals surface area contributed by atoms with E-state index >= 15 is 0 Å². The zero-order valence-electron chi connectivity index (χ0n) is 24.3. The van der Waals surface area contributed by atoms with Crippen molar-refractivity contribution >= 4 is 17.9 Å². The molecular weight excluding hydrogens is 496 g/mol. The van der Waals surface area contributed by atoms with Gasteiger partial charge in [0.05, 0.1) is 0 Å². The summed E-state index contributed by atoms with van der Waals surface area (Å²) in [4.78, 5) is 37.1. The SMILES string of the molecule is CC(=O)O[C@@H]1C[C@H]([C@H](C)C2CC=C(C)C(=O)O2)[C@@]2(C)CCC3=C(CCC4(O)C(=C3)C=CC(=O)OC4(C)C)[C@]12C. The fourth-order valence-electron chi connectivity index (χ4n) is 8.44. The zero-order chi connectivity index (χ0) is 28.5. The van der Waals surface area contributed by atoms with Crippen molar-refractivity contribution in [1.82, 2.24) is 0 Å².